The third-order valence-corrected chi connectivity index (χ3v) is 6.66. The quantitative estimate of drug-likeness (QED) is 0.397. The second-order valence-electron chi connectivity index (χ2n) is 9.17. The molecule has 1 amide bonds. The van der Waals surface area contributed by atoms with Crippen LogP contribution in [-0.2, 0) is 17.9 Å². The van der Waals surface area contributed by atoms with Gasteiger partial charge in [0.2, 0.25) is 11.9 Å². The lowest BCUT2D eigenvalue weighted by Gasteiger charge is -2.41. The Hall–Kier alpha value is -4.51. The van der Waals surface area contributed by atoms with E-state index in [1.54, 1.807) is 35.7 Å². The summed E-state index contributed by atoms with van der Waals surface area (Å²) in [6.07, 6.45) is 10.5. The highest BCUT2D eigenvalue weighted by atomic mass is 16.6. The number of piperazine rings is 1. The minimum Gasteiger partial charge on any atom is -0.486 e. The van der Waals surface area contributed by atoms with Crippen molar-refractivity contribution in [2.45, 2.75) is 19.1 Å². The van der Waals surface area contributed by atoms with Crippen LogP contribution in [0.25, 0.3) is 5.95 Å². The third-order valence-electron chi connectivity index (χ3n) is 6.66. The highest BCUT2D eigenvalue weighted by molar-refractivity contribution is 5.82. The van der Waals surface area contributed by atoms with Gasteiger partial charge >= 0.3 is 0 Å². The predicted octanol–water partition coefficient (Wildman–Crippen LogP) is 1.84. The number of carbonyl (C=O) groups excluding carboxylic acids is 1. The van der Waals surface area contributed by atoms with Gasteiger partial charge in [-0.2, -0.15) is 4.98 Å². The van der Waals surface area contributed by atoms with Crippen LogP contribution in [0.1, 0.15) is 11.1 Å². The molecule has 0 spiro atoms. The van der Waals surface area contributed by atoms with Gasteiger partial charge in [0.15, 0.2) is 11.5 Å². The molecule has 1 N–H and O–H groups in total. The Morgan fingerprint density at radius 1 is 1.00 bits per heavy atom. The Morgan fingerprint density at radius 2 is 1.92 bits per heavy atom. The molecule has 5 heterocycles. The first-order valence-corrected chi connectivity index (χ1v) is 12.6. The van der Waals surface area contributed by atoms with Crippen LogP contribution >= 0.6 is 0 Å². The van der Waals surface area contributed by atoms with Crippen LogP contribution in [0.4, 0.5) is 5.82 Å². The van der Waals surface area contributed by atoms with Crippen molar-refractivity contribution in [3.05, 3.63) is 84.8 Å². The van der Waals surface area contributed by atoms with Gasteiger partial charge in [-0.05, 0) is 35.4 Å². The smallest absolute Gasteiger partial charge is 0.239 e. The second-order valence-corrected chi connectivity index (χ2v) is 9.17. The number of amides is 1. The van der Waals surface area contributed by atoms with Crippen LogP contribution in [0.3, 0.4) is 0 Å². The third kappa shape index (κ3) is 5.28. The number of pyridine rings is 1. The molecule has 1 saturated heterocycles. The molecule has 11 nitrogen and oxygen atoms in total. The van der Waals surface area contributed by atoms with Gasteiger partial charge in [-0.25, -0.2) is 9.97 Å². The van der Waals surface area contributed by atoms with Crippen LogP contribution < -0.4 is 19.7 Å². The van der Waals surface area contributed by atoms with E-state index in [2.05, 4.69) is 30.1 Å². The summed E-state index contributed by atoms with van der Waals surface area (Å²) in [5.41, 5.74) is 2.02. The number of rotatable bonds is 7. The zero-order valence-electron chi connectivity index (χ0n) is 20.8. The van der Waals surface area contributed by atoms with E-state index in [4.69, 9.17) is 14.5 Å². The fourth-order valence-corrected chi connectivity index (χ4v) is 4.71. The summed E-state index contributed by atoms with van der Waals surface area (Å²) in [6.45, 7) is 4.01. The topological polar surface area (TPSA) is 111 Å². The number of hydrogen-bond acceptors (Lipinski definition) is 9. The Kier molecular flexibility index (Phi) is 6.81. The van der Waals surface area contributed by atoms with Crippen molar-refractivity contribution in [2.24, 2.45) is 0 Å². The van der Waals surface area contributed by atoms with Gasteiger partial charge in [0.05, 0.1) is 0 Å². The van der Waals surface area contributed by atoms with Crippen molar-refractivity contribution in [3.8, 4) is 17.4 Å². The Labute approximate surface area is 220 Å². The number of carbonyl (C=O) groups is 1. The molecule has 0 radical (unpaired) electrons. The fraction of sp³-hybridized carbons (Fsp3) is 0.296. The molecular weight excluding hydrogens is 484 g/mol. The van der Waals surface area contributed by atoms with E-state index in [0.29, 0.717) is 51.1 Å². The van der Waals surface area contributed by atoms with Crippen molar-refractivity contribution in [2.75, 3.05) is 37.7 Å². The van der Waals surface area contributed by atoms with Gasteiger partial charge in [0.25, 0.3) is 0 Å². The maximum absolute atomic E-state index is 13.6. The molecule has 11 heteroatoms. The highest BCUT2D eigenvalue weighted by Gasteiger charge is 2.33. The van der Waals surface area contributed by atoms with Crippen molar-refractivity contribution in [1.29, 1.82) is 0 Å². The standard InChI is InChI=1S/C27H28N8O3/c36-26(31-16-20-3-4-23-24(14-20)38-13-12-37-23)22-18-34(11-10-33(22)17-21-2-1-6-28-15-21)25-5-7-30-27(32-25)35-9-8-29-19-35/h1-9,14-15,19,22H,10-13,16-18H2,(H,31,36). The Balaban J connectivity index is 1.19. The number of hydrogen-bond donors (Lipinski definition) is 1. The fourth-order valence-electron chi connectivity index (χ4n) is 4.71. The van der Waals surface area contributed by atoms with E-state index < -0.39 is 0 Å². The van der Waals surface area contributed by atoms with E-state index >= 15 is 0 Å². The first-order chi connectivity index (χ1) is 18.7. The van der Waals surface area contributed by atoms with E-state index in [-0.39, 0.29) is 11.9 Å². The minimum absolute atomic E-state index is 0.0441. The molecule has 2 aliphatic heterocycles. The molecule has 1 unspecified atom stereocenters. The summed E-state index contributed by atoms with van der Waals surface area (Å²) in [5, 5.41) is 3.13. The van der Waals surface area contributed by atoms with Gasteiger partial charge in [-0.3, -0.25) is 19.2 Å². The Bertz CT molecular complexity index is 1380. The van der Waals surface area contributed by atoms with Crippen LogP contribution in [0.2, 0.25) is 0 Å². The number of imidazole rings is 1. The molecule has 0 saturated carbocycles. The lowest BCUT2D eigenvalue weighted by atomic mass is 10.1. The summed E-state index contributed by atoms with van der Waals surface area (Å²) < 4.78 is 13.1. The van der Waals surface area contributed by atoms with Crippen LogP contribution in [0, 0.1) is 0 Å². The number of fused-ring (bicyclic) bond motifs is 1. The maximum atomic E-state index is 13.6. The van der Waals surface area contributed by atoms with Crippen molar-refractivity contribution in [1.82, 2.24) is 34.7 Å². The number of aromatic nitrogens is 5. The van der Waals surface area contributed by atoms with Gasteiger partial charge in [0, 0.05) is 63.7 Å². The molecule has 1 fully saturated rings. The monoisotopic (exact) mass is 512 g/mol. The van der Waals surface area contributed by atoms with Gasteiger partial charge < -0.3 is 19.7 Å². The molecule has 2 aliphatic rings. The number of ether oxygens (including phenoxy) is 2. The van der Waals surface area contributed by atoms with Crippen LogP contribution in [0.15, 0.2) is 73.7 Å². The molecule has 194 valence electrons. The van der Waals surface area contributed by atoms with Crippen molar-refractivity contribution in [3.63, 3.8) is 0 Å². The van der Waals surface area contributed by atoms with E-state index in [1.807, 2.05) is 42.6 Å². The molecule has 6 rings (SSSR count). The summed E-state index contributed by atoms with van der Waals surface area (Å²) in [6, 6.07) is 11.2. The lowest BCUT2D eigenvalue weighted by molar-refractivity contribution is -0.127. The van der Waals surface area contributed by atoms with E-state index in [0.717, 1.165) is 29.2 Å². The average Bonchev–Trinajstić information content (AvgIpc) is 3.52. The van der Waals surface area contributed by atoms with E-state index in [9.17, 15) is 4.79 Å². The molecule has 3 aromatic heterocycles. The van der Waals surface area contributed by atoms with Gasteiger partial charge in [-0.1, -0.05) is 12.1 Å². The minimum atomic E-state index is -0.382. The van der Waals surface area contributed by atoms with Gasteiger partial charge in [0.1, 0.15) is 31.4 Å². The molecule has 38 heavy (non-hydrogen) atoms. The van der Waals surface area contributed by atoms with Gasteiger partial charge in [-0.15, -0.1) is 0 Å². The van der Waals surface area contributed by atoms with Crippen molar-refractivity contribution < 1.29 is 14.3 Å². The normalized spacial score (nSPS) is 17.3. The summed E-state index contributed by atoms with van der Waals surface area (Å²) >= 11 is 0. The zero-order chi connectivity index (χ0) is 25.7. The summed E-state index contributed by atoms with van der Waals surface area (Å²) in [5.74, 6) is 2.71. The number of nitrogens with one attached hydrogen (secondary N) is 1. The summed E-state index contributed by atoms with van der Waals surface area (Å²) in [4.78, 5) is 35.4. The molecule has 1 aromatic carbocycles. The van der Waals surface area contributed by atoms with Crippen LogP contribution in [-0.4, -0.2) is 74.2 Å². The first kappa shape index (κ1) is 23.9. The Morgan fingerprint density at radius 3 is 2.76 bits per heavy atom. The largest absolute Gasteiger partial charge is 0.486 e. The molecule has 0 aliphatic carbocycles. The number of anilines is 1. The van der Waals surface area contributed by atoms with Crippen LogP contribution in [0.5, 0.6) is 11.5 Å². The second kappa shape index (κ2) is 10.9. The number of nitrogens with zero attached hydrogens (tertiary/aromatic N) is 7. The van der Waals surface area contributed by atoms with Crippen molar-refractivity contribution >= 4 is 11.7 Å². The number of benzene rings is 1. The van der Waals surface area contributed by atoms with E-state index in [1.165, 1.54) is 0 Å². The molecule has 0 bridgehead atoms. The summed E-state index contributed by atoms with van der Waals surface area (Å²) in [7, 11) is 0. The predicted molar refractivity (Wildman–Crippen MR) is 139 cm³/mol. The highest BCUT2D eigenvalue weighted by Crippen LogP contribution is 2.30. The molecule has 4 aromatic rings. The maximum Gasteiger partial charge on any atom is 0.239 e. The first-order valence-electron chi connectivity index (χ1n) is 12.6. The average molecular weight is 513 g/mol. The molecular formula is C27H28N8O3. The lowest BCUT2D eigenvalue weighted by Crippen LogP contribution is -2.58. The SMILES string of the molecule is O=C(NCc1ccc2c(c1)OCCO2)C1CN(c2ccnc(-n3ccnc3)n2)CCN1Cc1cccnc1. The zero-order valence-corrected chi connectivity index (χ0v) is 20.8. The molecule has 1 atom stereocenters.